The van der Waals surface area contributed by atoms with Gasteiger partial charge in [0.2, 0.25) is 0 Å². The number of oxazole rings is 1. The molecule has 0 N–H and O–H groups in total. The maximum atomic E-state index is 11.8. The summed E-state index contributed by atoms with van der Waals surface area (Å²) in [6.07, 6.45) is 5.72. The Hall–Kier alpha value is -2.50. The summed E-state index contributed by atoms with van der Waals surface area (Å²) in [4.78, 5) is 31.7. The third-order valence-corrected chi connectivity index (χ3v) is 2.78. The Bertz CT molecular complexity index is 622. The molecular formula is C14H14N2O4. The smallest absolute Gasteiger partial charge is 0.420 e. The lowest BCUT2D eigenvalue weighted by molar-refractivity contribution is -0.111. The number of oxime groups is 1. The molecule has 0 aromatic carbocycles. The first-order valence-electron chi connectivity index (χ1n) is 6.12. The number of allylic oxidation sites excluding steroid dienone is 4. The van der Waals surface area contributed by atoms with E-state index >= 15 is 0 Å². The van der Waals surface area contributed by atoms with Gasteiger partial charge in [-0.05, 0) is 30.6 Å². The van der Waals surface area contributed by atoms with E-state index in [4.69, 9.17) is 9.25 Å². The highest BCUT2D eigenvalue weighted by Gasteiger charge is 2.20. The second-order valence-corrected chi connectivity index (χ2v) is 4.64. The highest BCUT2D eigenvalue weighted by atomic mass is 16.7. The van der Waals surface area contributed by atoms with Crippen molar-refractivity contribution in [2.24, 2.45) is 11.1 Å². The molecule has 0 saturated heterocycles. The SMILES string of the molecule is CC1=CC(=O)C(C(C)C)=CC1=NOC(=O)c1ncco1. The van der Waals surface area contributed by atoms with Gasteiger partial charge in [-0.2, -0.15) is 0 Å². The predicted molar refractivity (Wildman–Crippen MR) is 71.0 cm³/mol. The minimum atomic E-state index is -0.785. The summed E-state index contributed by atoms with van der Waals surface area (Å²) < 4.78 is 4.80. The summed E-state index contributed by atoms with van der Waals surface area (Å²) in [6, 6.07) is 0. The molecule has 1 aromatic rings. The van der Waals surface area contributed by atoms with Crippen LogP contribution >= 0.6 is 0 Å². The van der Waals surface area contributed by atoms with Gasteiger partial charge in [0.25, 0.3) is 0 Å². The van der Waals surface area contributed by atoms with Gasteiger partial charge >= 0.3 is 11.9 Å². The van der Waals surface area contributed by atoms with Crippen LogP contribution in [0.15, 0.2) is 45.3 Å². The monoisotopic (exact) mass is 274 g/mol. The zero-order chi connectivity index (χ0) is 14.7. The Morgan fingerprint density at radius 2 is 2.15 bits per heavy atom. The van der Waals surface area contributed by atoms with E-state index in [0.717, 1.165) is 0 Å². The lowest BCUT2D eigenvalue weighted by atomic mass is 9.90. The van der Waals surface area contributed by atoms with E-state index in [1.807, 2.05) is 13.8 Å². The number of rotatable bonds is 3. The van der Waals surface area contributed by atoms with E-state index in [2.05, 4.69) is 10.1 Å². The van der Waals surface area contributed by atoms with Crippen LogP contribution in [0.4, 0.5) is 0 Å². The van der Waals surface area contributed by atoms with Gasteiger partial charge in [-0.1, -0.05) is 19.0 Å². The molecule has 1 aromatic heterocycles. The molecule has 1 heterocycles. The summed E-state index contributed by atoms with van der Waals surface area (Å²) in [5.74, 6) is -0.933. The van der Waals surface area contributed by atoms with Crippen LogP contribution in [-0.2, 0) is 9.63 Å². The maximum absolute atomic E-state index is 11.8. The predicted octanol–water partition coefficient (Wildman–Crippen LogP) is 2.30. The van der Waals surface area contributed by atoms with Crippen LogP contribution in [0, 0.1) is 5.92 Å². The summed E-state index contributed by atoms with van der Waals surface area (Å²) >= 11 is 0. The fraction of sp³-hybridized carbons (Fsp3) is 0.286. The number of carbonyl (C=O) groups is 2. The van der Waals surface area contributed by atoms with Crippen molar-refractivity contribution in [1.29, 1.82) is 0 Å². The standard InChI is InChI=1S/C14H14N2O4/c1-8(2)10-7-11(9(3)6-12(10)17)16-20-14(18)13-15-4-5-19-13/h4-8H,1-3H3. The topological polar surface area (TPSA) is 81.8 Å². The Labute approximate surface area is 115 Å². The molecule has 0 spiro atoms. The van der Waals surface area contributed by atoms with Crippen LogP contribution in [0.25, 0.3) is 0 Å². The van der Waals surface area contributed by atoms with E-state index in [9.17, 15) is 9.59 Å². The van der Waals surface area contributed by atoms with Gasteiger partial charge < -0.3 is 9.25 Å². The maximum Gasteiger partial charge on any atom is 0.420 e. The molecule has 0 saturated carbocycles. The van der Waals surface area contributed by atoms with E-state index in [1.165, 1.54) is 18.5 Å². The lowest BCUT2D eigenvalue weighted by Gasteiger charge is -2.14. The number of ketones is 1. The van der Waals surface area contributed by atoms with E-state index < -0.39 is 5.97 Å². The van der Waals surface area contributed by atoms with Crippen LogP contribution in [0.5, 0.6) is 0 Å². The zero-order valence-corrected chi connectivity index (χ0v) is 11.4. The lowest BCUT2D eigenvalue weighted by Crippen LogP contribution is -2.16. The minimum Gasteiger partial charge on any atom is -0.440 e. The van der Waals surface area contributed by atoms with Crippen molar-refractivity contribution < 1.29 is 18.8 Å². The van der Waals surface area contributed by atoms with Crippen molar-refractivity contribution in [3.63, 3.8) is 0 Å². The average Bonchev–Trinajstić information content (AvgIpc) is 2.90. The highest BCUT2D eigenvalue weighted by molar-refractivity contribution is 6.21. The summed E-state index contributed by atoms with van der Waals surface area (Å²) in [5, 5.41) is 3.76. The van der Waals surface area contributed by atoms with Crippen molar-refractivity contribution in [2.45, 2.75) is 20.8 Å². The highest BCUT2D eigenvalue weighted by Crippen LogP contribution is 2.19. The van der Waals surface area contributed by atoms with E-state index in [1.54, 1.807) is 13.0 Å². The number of aromatic nitrogens is 1. The molecule has 2 rings (SSSR count). The van der Waals surface area contributed by atoms with Gasteiger partial charge in [0.1, 0.15) is 12.0 Å². The normalized spacial score (nSPS) is 17.2. The third kappa shape index (κ3) is 2.90. The first-order valence-corrected chi connectivity index (χ1v) is 6.12. The fourth-order valence-electron chi connectivity index (χ4n) is 1.69. The van der Waals surface area contributed by atoms with Gasteiger partial charge in [0.15, 0.2) is 5.78 Å². The largest absolute Gasteiger partial charge is 0.440 e. The Kier molecular flexibility index (Phi) is 3.93. The first kappa shape index (κ1) is 13.9. The van der Waals surface area contributed by atoms with Gasteiger partial charge in [0, 0.05) is 5.57 Å². The second kappa shape index (κ2) is 5.64. The van der Waals surface area contributed by atoms with Crippen LogP contribution in [0.1, 0.15) is 31.5 Å². The van der Waals surface area contributed by atoms with E-state index in [0.29, 0.717) is 16.9 Å². The zero-order valence-electron chi connectivity index (χ0n) is 11.4. The molecule has 0 unspecified atom stereocenters. The molecule has 0 amide bonds. The molecule has 6 nitrogen and oxygen atoms in total. The third-order valence-electron chi connectivity index (χ3n) is 2.78. The number of nitrogens with zero attached hydrogens (tertiary/aromatic N) is 2. The molecule has 1 aliphatic rings. The minimum absolute atomic E-state index is 0.0459. The molecule has 20 heavy (non-hydrogen) atoms. The van der Waals surface area contributed by atoms with Gasteiger partial charge in [-0.15, -0.1) is 0 Å². The fourth-order valence-corrected chi connectivity index (χ4v) is 1.69. The van der Waals surface area contributed by atoms with Gasteiger partial charge in [-0.3, -0.25) is 4.79 Å². The van der Waals surface area contributed by atoms with Crippen molar-refractivity contribution >= 4 is 17.5 Å². The van der Waals surface area contributed by atoms with Crippen LogP contribution in [0.3, 0.4) is 0 Å². The quantitative estimate of drug-likeness (QED) is 0.480. The van der Waals surface area contributed by atoms with Crippen molar-refractivity contribution in [3.05, 3.63) is 41.6 Å². The van der Waals surface area contributed by atoms with Gasteiger partial charge in [-0.25, -0.2) is 9.78 Å². The molecule has 0 fully saturated rings. The molecule has 0 atom stereocenters. The molecule has 1 aliphatic carbocycles. The van der Waals surface area contributed by atoms with Crippen molar-refractivity contribution in [3.8, 4) is 0 Å². The molecule has 0 aliphatic heterocycles. The molecule has 104 valence electrons. The van der Waals surface area contributed by atoms with E-state index in [-0.39, 0.29) is 17.6 Å². The van der Waals surface area contributed by atoms with Crippen LogP contribution < -0.4 is 0 Å². The molecule has 0 radical (unpaired) electrons. The molecule has 6 heteroatoms. The van der Waals surface area contributed by atoms with Gasteiger partial charge in [0.05, 0.1) is 6.20 Å². The molecular weight excluding hydrogens is 260 g/mol. The first-order chi connectivity index (χ1) is 9.49. The average molecular weight is 274 g/mol. The van der Waals surface area contributed by atoms with Crippen molar-refractivity contribution in [2.75, 3.05) is 0 Å². The number of hydrogen-bond acceptors (Lipinski definition) is 6. The summed E-state index contributed by atoms with van der Waals surface area (Å²) in [6.45, 7) is 5.55. The van der Waals surface area contributed by atoms with Crippen LogP contribution in [-0.4, -0.2) is 22.4 Å². The van der Waals surface area contributed by atoms with Crippen molar-refractivity contribution in [1.82, 2.24) is 4.98 Å². The summed E-state index contributed by atoms with van der Waals surface area (Å²) in [7, 11) is 0. The molecule has 0 bridgehead atoms. The second-order valence-electron chi connectivity index (χ2n) is 4.64. The number of hydrogen-bond donors (Lipinski definition) is 0. The van der Waals surface area contributed by atoms with Crippen LogP contribution in [0.2, 0.25) is 0 Å². The number of carbonyl (C=O) groups excluding carboxylic acids is 2. The Morgan fingerprint density at radius 1 is 1.40 bits per heavy atom. The summed E-state index contributed by atoms with van der Waals surface area (Å²) in [5.41, 5.74) is 1.70. The Balaban J connectivity index is 2.18. The Morgan fingerprint density at radius 3 is 2.75 bits per heavy atom.